The van der Waals surface area contributed by atoms with Gasteiger partial charge in [0.25, 0.3) is 5.91 Å². The molecule has 1 aliphatic rings. The lowest BCUT2D eigenvalue weighted by molar-refractivity contribution is -0.121. The minimum atomic E-state index is -1.11. The Morgan fingerprint density at radius 2 is 1.74 bits per heavy atom. The van der Waals surface area contributed by atoms with Gasteiger partial charge in [0, 0.05) is 16.9 Å². The lowest BCUT2D eigenvalue weighted by Gasteiger charge is -2.29. The smallest absolute Gasteiger partial charge is 0.252 e. The van der Waals surface area contributed by atoms with Gasteiger partial charge in [-0.15, -0.1) is 11.8 Å². The van der Waals surface area contributed by atoms with Crippen LogP contribution in [-0.2, 0) is 9.59 Å². The highest BCUT2D eigenvalue weighted by Crippen LogP contribution is 2.41. The summed E-state index contributed by atoms with van der Waals surface area (Å²) in [6.45, 7) is 5.55. The van der Waals surface area contributed by atoms with E-state index in [2.05, 4.69) is 10.6 Å². The van der Waals surface area contributed by atoms with Crippen LogP contribution in [0.4, 0.5) is 11.4 Å². The summed E-state index contributed by atoms with van der Waals surface area (Å²) in [6.07, 6.45) is 0.410. The fourth-order valence-electron chi connectivity index (χ4n) is 3.90. The van der Waals surface area contributed by atoms with Crippen molar-refractivity contribution in [1.29, 1.82) is 0 Å². The van der Waals surface area contributed by atoms with E-state index in [0.717, 1.165) is 11.1 Å². The average molecular weight is 488 g/mol. The third-order valence-electron chi connectivity index (χ3n) is 6.25. The maximum absolute atomic E-state index is 13.2. The molecule has 0 aliphatic carbocycles. The van der Waals surface area contributed by atoms with Crippen LogP contribution in [0.25, 0.3) is 0 Å². The topological polar surface area (TPSA) is 78.5 Å². The van der Waals surface area contributed by atoms with Crippen LogP contribution in [0.1, 0.15) is 47.1 Å². The number of thioether (sulfide) groups is 1. The van der Waals surface area contributed by atoms with Gasteiger partial charge in [0.1, 0.15) is 10.9 Å². The van der Waals surface area contributed by atoms with Crippen LogP contribution in [-0.4, -0.2) is 29.0 Å². The van der Waals surface area contributed by atoms with Crippen molar-refractivity contribution in [2.24, 2.45) is 0 Å². The predicted octanol–water partition coefficient (Wildman–Crippen LogP) is 5.31. The SMILES string of the molecule is CC[C@](C)(NC(=O)c1cccc(N2C(=O)CS[C@H]2c2ccccc2)c1)C(=O)Nc1ccc(C)cc1. The third-order valence-corrected chi connectivity index (χ3v) is 7.46. The van der Waals surface area contributed by atoms with Crippen LogP contribution in [0, 0.1) is 6.92 Å². The highest BCUT2D eigenvalue weighted by Gasteiger charge is 2.36. The molecule has 1 heterocycles. The van der Waals surface area contributed by atoms with Gasteiger partial charge in [0.2, 0.25) is 11.8 Å². The van der Waals surface area contributed by atoms with Gasteiger partial charge in [-0.25, -0.2) is 0 Å². The Labute approximate surface area is 210 Å². The van der Waals surface area contributed by atoms with Crippen LogP contribution in [0.5, 0.6) is 0 Å². The van der Waals surface area contributed by atoms with Crippen molar-refractivity contribution in [1.82, 2.24) is 5.32 Å². The molecule has 3 aromatic rings. The molecule has 2 atom stereocenters. The van der Waals surface area contributed by atoms with Crippen LogP contribution in [0.2, 0.25) is 0 Å². The summed E-state index contributed by atoms with van der Waals surface area (Å²) in [5.41, 5.74) is 2.74. The molecular weight excluding hydrogens is 458 g/mol. The molecule has 0 spiro atoms. The Kier molecular flexibility index (Phi) is 7.26. The minimum Gasteiger partial charge on any atom is -0.338 e. The molecule has 3 aromatic carbocycles. The first-order valence-electron chi connectivity index (χ1n) is 11.6. The number of nitrogens with one attached hydrogen (secondary N) is 2. The number of carbonyl (C=O) groups excluding carboxylic acids is 3. The molecule has 4 rings (SSSR count). The second kappa shape index (κ2) is 10.4. The van der Waals surface area contributed by atoms with Crippen molar-refractivity contribution in [3.8, 4) is 0 Å². The van der Waals surface area contributed by atoms with Gasteiger partial charge in [-0.3, -0.25) is 19.3 Å². The maximum atomic E-state index is 13.2. The first kappa shape index (κ1) is 24.5. The van der Waals surface area contributed by atoms with Crippen molar-refractivity contribution in [2.75, 3.05) is 16.0 Å². The molecule has 6 nitrogen and oxygen atoms in total. The van der Waals surface area contributed by atoms with Crippen molar-refractivity contribution in [3.05, 3.63) is 95.6 Å². The molecule has 35 heavy (non-hydrogen) atoms. The fourth-order valence-corrected chi connectivity index (χ4v) is 5.08. The van der Waals surface area contributed by atoms with Gasteiger partial charge >= 0.3 is 0 Å². The highest BCUT2D eigenvalue weighted by molar-refractivity contribution is 8.00. The highest BCUT2D eigenvalue weighted by atomic mass is 32.2. The van der Waals surface area contributed by atoms with E-state index in [0.29, 0.717) is 29.1 Å². The van der Waals surface area contributed by atoms with Crippen molar-refractivity contribution >= 4 is 40.9 Å². The molecule has 0 unspecified atom stereocenters. The lowest BCUT2D eigenvalue weighted by Crippen LogP contribution is -2.54. The average Bonchev–Trinajstić information content (AvgIpc) is 3.27. The summed E-state index contributed by atoms with van der Waals surface area (Å²) in [6, 6.07) is 24.4. The number of carbonyl (C=O) groups is 3. The number of aryl methyl sites for hydroxylation is 1. The van der Waals surface area contributed by atoms with E-state index in [9.17, 15) is 14.4 Å². The van der Waals surface area contributed by atoms with Gasteiger partial charge in [-0.1, -0.05) is 61.0 Å². The molecule has 0 saturated carbocycles. The molecule has 7 heteroatoms. The summed E-state index contributed by atoms with van der Waals surface area (Å²) < 4.78 is 0. The van der Waals surface area contributed by atoms with Gasteiger partial charge in [-0.05, 0) is 56.2 Å². The summed E-state index contributed by atoms with van der Waals surface area (Å²) in [7, 11) is 0. The fraction of sp³-hybridized carbons (Fsp3) is 0.250. The number of amides is 3. The zero-order chi connectivity index (χ0) is 25.0. The van der Waals surface area contributed by atoms with E-state index in [4.69, 9.17) is 0 Å². The van der Waals surface area contributed by atoms with Crippen molar-refractivity contribution < 1.29 is 14.4 Å². The van der Waals surface area contributed by atoms with Crippen LogP contribution < -0.4 is 15.5 Å². The van der Waals surface area contributed by atoms with E-state index in [-0.39, 0.29) is 23.1 Å². The minimum absolute atomic E-state index is 0.00252. The summed E-state index contributed by atoms with van der Waals surface area (Å²) in [5.74, 6) is -0.282. The third kappa shape index (κ3) is 5.41. The normalized spacial score (nSPS) is 17.1. The number of nitrogens with zero attached hydrogens (tertiary/aromatic N) is 1. The molecule has 2 N–H and O–H groups in total. The van der Waals surface area contributed by atoms with E-state index in [1.165, 1.54) is 0 Å². The molecule has 180 valence electrons. The second-order valence-electron chi connectivity index (χ2n) is 8.85. The van der Waals surface area contributed by atoms with Crippen molar-refractivity contribution in [3.63, 3.8) is 0 Å². The summed E-state index contributed by atoms with van der Waals surface area (Å²) in [4.78, 5) is 40.8. The number of anilines is 2. The quantitative estimate of drug-likeness (QED) is 0.473. The van der Waals surface area contributed by atoms with Gasteiger partial charge in [0.15, 0.2) is 0 Å². The van der Waals surface area contributed by atoms with Crippen molar-refractivity contribution in [2.45, 2.75) is 38.1 Å². The molecule has 3 amide bonds. The van der Waals surface area contributed by atoms with E-state index in [1.807, 2.05) is 74.5 Å². The Balaban J connectivity index is 1.53. The molecule has 0 aromatic heterocycles. The molecular formula is C28H29N3O3S. The zero-order valence-corrected chi connectivity index (χ0v) is 20.9. The Morgan fingerprint density at radius 3 is 2.43 bits per heavy atom. The standard InChI is InChI=1S/C28H29N3O3S/c1-4-28(3,27(34)29-22-15-13-19(2)14-16-22)30-25(33)21-11-8-12-23(17-21)31-24(32)18-35-26(31)20-9-6-5-7-10-20/h5-17,26H,4,18H2,1-3H3,(H,29,34)(H,30,33)/t26-,28-/m0/s1. The van der Waals surface area contributed by atoms with Crippen LogP contribution >= 0.6 is 11.8 Å². The second-order valence-corrected chi connectivity index (χ2v) is 9.92. The molecule has 1 saturated heterocycles. The van der Waals surface area contributed by atoms with Gasteiger partial charge in [-0.2, -0.15) is 0 Å². The predicted molar refractivity (Wildman–Crippen MR) is 142 cm³/mol. The molecule has 1 aliphatic heterocycles. The van der Waals surface area contributed by atoms with E-state index < -0.39 is 5.54 Å². The number of hydrogen-bond acceptors (Lipinski definition) is 4. The number of benzene rings is 3. The van der Waals surface area contributed by atoms with Gasteiger partial charge < -0.3 is 10.6 Å². The Hall–Kier alpha value is -3.58. The Bertz CT molecular complexity index is 1230. The zero-order valence-electron chi connectivity index (χ0n) is 20.1. The number of hydrogen-bond donors (Lipinski definition) is 2. The number of rotatable bonds is 7. The van der Waals surface area contributed by atoms with E-state index >= 15 is 0 Å². The first-order chi connectivity index (χ1) is 16.8. The maximum Gasteiger partial charge on any atom is 0.252 e. The molecule has 0 bridgehead atoms. The summed E-state index contributed by atoms with van der Waals surface area (Å²) in [5, 5.41) is 5.65. The summed E-state index contributed by atoms with van der Waals surface area (Å²) >= 11 is 1.56. The monoisotopic (exact) mass is 487 g/mol. The van der Waals surface area contributed by atoms with Crippen LogP contribution in [0.15, 0.2) is 78.9 Å². The Morgan fingerprint density at radius 1 is 1.03 bits per heavy atom. The van der Waals surface area contributed by atoms with Crippen LogP contribution in [0.3, 0.4) is 0 Å². The molecule has 1 fully saturated rings. The molecule has 0 radical (unpaired) electrons. The first-order valence-corrected chi connectivity index (χ1v) is 12.6. The largest absolute Gasteiger partial charge is 0.338 e. The van der Waals surface area contributed by atoms with Gasteiger partial charge in [0.05, 0.1) is 5.75 Å². The lowest BCUT2D eigenvalue weighted by atomic mass is 9.96. The van der Waals surface area contributed by atoms with E-state index in [1.54, 1.807) is 41.8 Å².